The monoisotopic (exact) mass is 680 g/mol. The zero-order valence-corrected chi connectivity index (χ0v) is 30.9. The van der Waals surface area contributed by atoms with Gasteiger partial charge >= 0.3 is 0 Å². The average molecular weight is 681 g/mol. The SMILES string of the molecule is CCCCC1(CCCC)c2cc(-c3ccc4c5c3ccc3cccc(c35)CC4)ccc2-c2ccc(-c3ccc4ccc5cccc6ccc3c4c56)cc21. The molecule has 0 radical (unpaired) electrons. The van der Waals surface area contributed by atoms with Gasteiger partial charge in [-0.15, -0.1) is 0 Å². The second-order valence-electron chi connectivity index (χ2n) is 16.1. The van der Waals surface area contributed by atoms with Crippen molar-refractivity contribution in [1.29, 1.82) is 0 Å². The number of hydrogen-bond donors (Lipinski definition) is 0. The van der Waals surface area contributed by atoms with Crippen molar-refractivity contribution in [2.75, 3.05) is 0 Å². The predicted molar refractivity (Wildman–Crippen MR) is 229 cm³/mol. The maximum atomic E-state index is 2.62. The molecule has 0 amide bonds. The third-order valence-electron chi connectivity index (χ3n) is 13.3. The van der Waals surface area contributed by atoms with Gasteiger partial charge in [0.1, 0.15) is 0 Å². The van der Waals surface area contributed by atoms with Gasteiger partial charge in [-0.3, -0.25) is 0 Å². The first-order valence-electron chi connectivity index (χ1n) is 20.1. The van der Waals surface area contributed by atoms with E-state index in [9.17, 15) is 0 Å². The molecule has 0 spiro atoms. The van der Waals surface area contributed by atoms with Gasteiger partial charge < -0.3 is 0 Å². The molecule has 53 heavy (non-hydrogen) atoms. The van der Waals surface area contributed by atoms with Gasteiger partial charge in [0.25, 0.3) is 0 Å². The van der Waals surface area contributed by atoms with E-state index < -0.39 is 0 Å². The van der Waals surface area contributed by atoms with Crippen LogP contribution in [0.5, 0.6) is 0 Å². The van der Waals surface area contributed by atoms with Crippen LogP contribution in [0.1, 0.15) is 74.6 Å². The van der Waals surface area contributed by atoms with E-state index in [-0.39, 0.29) is 5.41 Å². The van der Waals surface area contributed by atoms with Crippen LogP contribution < -0.4 is 0 Å². The van der Waals surface area contributed by atoms with Crippen molar-refractivity contribution >= 4 is 53.9 Å². The van der Waals surface area contributed by atoms with Gasteiger partial charge in [-0.25, -0.2) is 0 Å². The molecule has 256 valence electrons. The van der Waals surface area contributed by atoms with Gasteiger partial charge in [0.2, 0.25) is 0 Å². The predicted octanol–water partition coefficient (Wildman–Crippen LogP) is 15.0. The van der Waals surface area contributed by atoms with Crippen LogP contribution in [-0.4, -0.2) is 0 Å². The van der Waals surface area contributed by atoms with E-state index in [2.05, 4.69) is 147 Å². The Hall–Kier alpha value is -5.46. The standard InChI is InChI=1S/C53H44/c1-3-5-29-53(30-6-4-2)47-31-39(41-23-17-37-15-13-33-9-7-11-35-19-27-45(41)51(37)49(33)35)21-25-43(47)44-26-22-40(32-48(44)53)42-24-18-38-16-14-34-10-8-12-36-20-28-46(42)52(38)50(34)36/h7-13,15,17-28,31-32H,3-6,14,16,29-30H2,1-2H3. The lowest BCUT2D eigenvalue weighted by Crippen LogP contribution is -2.25. The number of rotatable bonds is 8. The number of benzene rings is 9. The summed E-state index contributed by atoms with van der Waals surface area (Å²) in [5.74, 6) is 0. The summed E-state index contributed by atoms with van der Waals surface area (Å²) in [5.41, 5.74) is 14.4. The molecular formula is C53H44. The van der Waals surface area contributed by atoms with Gasteiger partial charge in [0.05, 0.1) is 0 Å². The molecule has 0 saturated heterocycles. The molecule has 0 heterocycles. The van der Waals surface area contributed by atoms with Gasteiger partial charge in [0, 0.05) is 5.41 Å². The zero-order chi connectivity index (χ0) is 35.3. The normalized spacial score (nSPS) is 14.3. The summed E-state index contributed by atoms with van der Waals surface area (Å²) in [4.78, 5) is 0. The average Bonchev–Trinajstić information content (AvgIpc) is 3.48. The summed E-state index contributed by atoms with van der Waals surface area (Å²) in [7, 11) is 0. The Bertz CT molecular complexity index is 2900. The zero-order valence-electron chi connectivity index (χ0n) is 30.9. The highest BCUT2D eigenvalue weighted by Gasteiger charge is 2.42. The first-order valence-corrected chi connectivity index (χ1v) is 20.1. The number of fused-ring (bicyclic) bond motifs is 3. The Labute approximate surface area is 312 Å². The highest BCUT2D eigenvalue weighted by Crippen LogP contribution is 2.56. The van der Waals surface area contributed by atoms with Crippen LogP contribution in [0.2, 0.25) is 0 Å². The summed E-state index contributed by atoms with van der Waals surface area (Å²) < 4.78 is 0. The highest BCUT2D eigenvalue weighted by atomic mass is 14.5. The fourth-order valence-corrected chi connectivity index (χ4v) is 10.7. The topological polar surface area (TPSA) is 0 Å². The maximum Gasteiger partial charge on any atom is 0.0215 e. The third kappa shape index (κ3) is 4.42. The highest BCUT2D eigenvalue weighted by molar-refractivity contribution is 6.25. The van der Waals surface area contributed by atoms with Gasteiger partial charge in [-0.1, -0.05) is 161 Å². The minimum Gasteiger partial charge on any atom is -0.0654 e. The van der Waals surface area contributed by atoms with Crippen molar-refractivity contribution in [2.24, 2.45) is 0 Å². The molecule has 2 aliphatic rings. The first kappa shape index (κ1) is 31.1. The minimum atomic E-state index is -0.00641. The first-order chi connectivity index (χ1) is 26.2. The molecule has 0 unspecified atom stereocenters. The molecule has 0 N–H and O–H groups in total. The third-order valence-corrected chi connectivity index (χ3v) is 13.3. The molecular weight excluding hydrogens is 637 g/mol. The Morgan fingerprint density at radius 1 is 0.415 bits per heavy atom. The molecule has 0 atom stereocenters. The molecule has 0 saturated carbocycles. The van der Waals surface area contributed by atoms with E-state index in [4.69, 9.17) is 0 Å². The van der Waals surface area contributed by atoms with Crippen molar-refractivity contribution in [3.63, 3.8) is 0 Å². The smallest absolute Gasteiger partial charge is 0.0215 e. The van der Waals surface area contributed by atoms with Gasteiger partial charge in [0.15, 0.2) is 0 Å². The van der Waals surface area contributed by atoms with Gasteiger partial charge in [-0.05, 0) is 147 Å². The van der Waals surface area contributed by atoms with Crippen molar-refractivity contribution < 1.29 is 0 Å². The Morgan fingerprint density at radius 3 is 1.51 bits per heavy atom. The van der Waals surface area contributed by atoms with E-state index in [0.29, 0.717) is 0 Å². The van der Waals surface area contributed by atoms with Crippen LogP contribution in [0, 0.1) is 0 Å². The fraction of sp³-hybridized carbons (Fsp3) is 0.208. The largest absolute Gasteiger partial charge is 0.0654 e. The second-order valence-corrected chi connectivity index (χ2v) is 16.1. The Kier molecular flexibility index (Phi) is 6.91. The molecule has 2 aliphatic carbocycles. The summed E-state index contributed by atoms with van der Waals surface area (Å²) in [6.07, 6.45) is 9.48. The lowest BCUT2D eigenvalue weighted by Gasteiger charge is -2.33. The molecule has 0 aromatic heterocycles. The summed E-state index contributed by atoms with van der Waals surface area (Å²) >= 11 is 0. The van der Waals surface area contributed by atoms with Crippen molar-refractivity contribution in [3.8, 4) is 33.4 Å². The summed E-state index contributed by atoms with van der Waals surface area (Å²) in [6.45, 7) is 4.72. The number of unbranched alkanes of at least 4 members (excludes halogenated alkanes) is 2. The Morgan fingerprint density at radius 2 is 0.887 bits per heavy atom. The molecule has 11 rings (SSSR count). The quantitative estimate of drug-likeness (QED) is 0.140. The Balaban J connectivity index is 1.11. The van der Waals surface area contributed by atoms with Crippen molar-refractivity contribution in [1.82, 2.24) is 0 Å². The van der Waals surface area contributed by atoms with Crippen LogP contribution in [0.15, 0.2) is 133 Å². The lowest BCUT2D eigenvalue weighted by molar-refractivity contribution is 0.414. The van der Waals surface area contributed by atoms with Crippen LogP contribution in [0.25, 0.3) is 87.2 Å². The molecule has 0 fully saturated rings. The molecule has 0 aliphatic heterocycles. The van der Waals surface area contributed by atoms with Crippen molar-refractivity contribution in [3.05, 3.63) is 156 Å². The molecule has 0 heteroatoms. The van der Waals surface area contributed by atoms with Gasteiger partial charge in [-0.2, -0.15) is 0 Å². The second kappa shape index (κ2) is 11.8. The molecule has 9 aromatic carbocycles. The van der Waals surface area contributed by atoms with Crippen molar-refractivity contribution in [2.45, 2.75) is 70.6 Å². The molecule has 0 nitrogen and oxygen atoms in total. The summed E-state index contributed by atoms with van der Waals surface area (Å²) in [5, 5.41) is 13.8. The van der Waals surface area contributed by atoms with E-state index in [1.54, 1.807) is 11.1 Å². The minimum absolute atomic E-state index is 0.00641. The van der Waals surface area contributed by atoms with E-state index in [1.165, 1.54) is 137 Å². The molecule has 0 bridgehead atoms. The molecule has 9 aromatic rings. The summed E-state index contributed by atoms with van der Waals surface area (Å²) in [6, 6.07) is 52.2. The fourth-order valence-electron chi connectivity index (χ4n) is 10.7. The van der Waals surface area contributed by atoms with E-state index in [0.717, 1.165) is 12.8 Å². The number of hydrogen-bond acceptors (Lipinski definition) is 0. The lowest BCUT2D eigenvalue weighted by atomic mass is 9.70. The van der Waals surface area contributed by atoms with Crippen LogP contribution >= 0.6 is 0 Å². The van der Waals surface area contributed by atoms with E-state index in [1.807, 2.05) is 0 Å². The number of aryl methyl sites for hydroxylation is 2. The maximum absolute atomic E-state index is 2.62. The van der Waals surface area contributed by atoms with Crippen LogP contribution in [-0.2, 0) is 18.3 Å². The van der Waals surface area contributed by atoms with Crippen LogP contribution in [0.3, 0.4) is 0 Å². The van der Waals surface area contributed by atoms with Crippen LogP contribution in [0.4, 0.5) is 0 Å². The van der Waals surface area contributed by atoms with E-state index >= 15 is 0 Å².